The summed E-state index contributed by atoms with van der Waals surface area (Å²) in [6.07, 6.45) is 0.843. The molecule has 3 heteroatoms. The van der Waals surface area contributed by atoms with Gasteiger partial charge in [-0.2, -0.15) is 0 Å². The first kappa shape index (κ1) is 15.0. The Hall–Kier alpha value is -2.44. The second-order valence-electron chi connectivity index (χ2n) is 4.43. The van der Waals surface area contributed by atoms with Gasteiger partial charge in [-0.25, -0.2) is 0 Å². The third-order valence-corrected chi connectivity index (χ3v) is 2.98. The zero-order valence-corrected chi connectivity index (χ0v) is 12.0. The summed E-state index contributed by atoms with van der Waals surface area (Å²) in [7, 11) is 1.66. The van der Waals surface area contributed by atoms with E-state index in [0.29, 0.717) is 6.61 Å². The Bertz CT molecular complexity index is 604. The molecule has 0 atom stereocenters. The van der Waals surface area contributed by atoms with Crippen molar-refractivity contribution in [3.05, 3.63) is 59.7 Å². The van der Waals surface area contributed by atoms with Crippen molar-refractivity contribution < 1.29 is 14.6 Å². The summed E-state index contributed by atoms with van der Waals surface area (Å²) >= 11 is 0. The van der Waals surface area contributed by atoms with Crippen LogP contribution >= 0.6 is 0 Å². The van der Waals surface area contributed by atoms with Crippen molar-refractivity contribution in [2.45, 2.75) is 6.42 Å². The molecule has 0 radical (unpaired) electrons. The van der Waals surface area contributed by atoms with Crippen LogP contribution in [0, 0.1) is 11.8 Å². The smallest absolute Gasteiger partial charge is 0.119 e. The molecule has 0 unspecified atom stereocenters. The molecule has 3 nitrogen and oxygen atoms in total. The predicted molar refractivity (Wildman–Crippen MR) is 82.6 cm³/mol. The van der Waals surface area contributed by atoms with Gasteiger partial charge in [0.15, 0.2) is 0 Å². The van der Waals surface area contributed by atoms with Crippen LogP contribution in [0.2, 0.25) is 0 Å². The summed E-state index contributed by atoms with van der Waals surface area (Å²) in [5.41, 5.74) is 2.08. The lowest BCUT2D eigenvalue weighted by Gasteiger charge is -2.07. The minimum absolute atomic E-state index is 0.125. The average molecular weight is 282 g/mol. The second kappa shape index (κ2) is 7.98. The van der Waals surface area contributed by atoms with E-state index in [9.17, 15) is 0 Å². The molecule has 0 spiro atoms. The first-order chi connectivity index (χ1) is 10.3. The van der Waals surface area contributed by atoms with Gasteiger partial charge in [-0.15, -0.1) is 0 Å². The van der Waals surface area contributed by atoms with Gasteiger partial charge >= 0.3 is 0 Å². The lowest BCUT2D eigenvalue weighted by atomic mass is 10.1. The zero-order valence-electron chi connectivity index (χ0n) is 12.0. The van der Waals surface area contributed by atoms with E-state index in [-0.39, 0.29) is 6.61 Å². The van der Waals surface area contributed by atoms with Crippen LogP contribution in [0.1, 0.15) is 11.1 Å². The van der Waals surface area contributed by atoms with Crippen LogP contribution in [0.5, 0.6) is 11.5 Å². The standard InChI is InChI=1S/C18H18O3/c1-20-17-8-4-16(5-9-17)12-14-21-18-10-6-15(7-11-18)3-2-13-19/h4-11,19H,12-14H2,1H3. The molecule has 2 aromatic carbocycles. The predicted octanol–water partition coefficient (Wildman–Crippen LogP) is 2.66. The fraction of sp³-hybridized carbons (Fsp3) is 0.222. The van der Waals surface area contributed by atoms with Gasteiger partial charge in [0.2, 0.25) is 0 Å². The lowest BCUT2D eigenvalue weighted by molar-refractivity contribution is 0.322. The number of benzene rings is 2. The second-order valence-corrected chi connectivity index (χ2v) is 4.43. The SMILES string of the molecule is COc1ccc(CCOc2ccc(C#CCO)cc2)cc1. The highest BCUT2D eigenvalue weighted by molar-refractivity contribution is 5.38. The molecular formula is C18H18O3. The minimum atomic E-state index is -0.125. The fourth-order valence-corrected chi connectivity index (χ4v) is 1.86. The third-order valence-electron chi connectivity index (χ3n) is 2.98. The Morgan fingerprint density at radius 1 is 0.952 bits per heavy atom. The lowest BCUT2D eigenvalue weighted by Crippen LogP contribution is -2.01. The van der Waals surface area contributed by atoms with Crippen molar-refractivity contribution >= 4 is 0 Å². The topological polar surface area (TPSA) is 38.7 Å². The maximum atomic E-state index is 8.63. The summed E-state index contributed by atoms with van der Waals surface area (Å²) in [5.74, 6) is 7.14. The molecule has 0 bridgehead atoms. The molecule has 0 heterocycles. The average Bonchev–Trinajstić information content (AvgIpc) is 2.55. The van der Waals surface area contributed by atoms with E-state index >= 15 is 0 Å². The van der Waals surface area contributed by atoms with Crippen molar-refractivity contribution in [3.63, 3.8) is 0 Å². The molecule has 0 amide bonds. The highest BCUT2D eigenvalue weighted by Crippen LogP contribution is 2.14. The number of aliphatic hydroxyl groups excluding tert-OH is 1. The maximum absolute atomic E-state index is 8.63. The van der Waals surface area contributed by atoms with Crippen molar-refractivity contribution in [1.82, 2.24) is 0 Å². The molecule has 0 aromatic heterocycles. The van der Waals surface area contributed by atoms with Crippen LogP contribution < -0.4 is 9.47 Å². The minimum Gasteiger partial charge on any atom is -0.497 e. The van der Waals surface area contributed by atoms with Crippen LogP contribution in [0.25, 0.3) is 0 Å². The largest absolute Gasteiger partial charge is 0.497 e. The van der Waals surface area contributed by atoms with E-state index in [1.165, 1.54) is 5.56 Å². The van der Waals surface area contributed by atoms with E-state index < -0.39 is 0 Å². The highest BCUT2D eigenvalue weighted by Gasteiger charge is 1.97. The van der Waals surface area contributed by atoms with Gasteiger partial charge in [0.25, 0.3) is 0 Å². The molecule has 2 aromatic rings. The molecule has 108 valence electrons. The van der Waals surface area contributed by atoms with Crippen LogP contribution in [-0.2, 0) is 6.42 Å². The maximum Gasteiger partial charge on any atom is 0.119 e. The van der Waals surface area contributed by atoms with E-state index in [0.717, 1.165) is 23.5 Å². The van der Waals surface area contributed by atoms with Crippen LogP contribution in [-0.4, -0.2) is 25.4 Å². The number of hydrogen-bond donors (Lipinski definition) is 1. The summed E-state index contributed by atoms with van der Waals surface area (Å²) in [6.45, 7) is 0.494. The molecule has 0 aliphatic rings. The Balaban J connectivity index is 1.82. The van der Waals surface area contributed by atoms with E-state index in [1.54, 1.807) is 7.11 Å². The van der Waals surface area contributed by atoms with Gasteiger partial charge < -0.3 is 14.6 Å². The van der Waals surface area contributed by atoms with Crippen LogP contribution in [0.15, 0.2) is 48.5 Å². The zero-order chi connectivity index (χ0) is 14.9. The summed E-state index contributed by atoms with van der Waals surface area (Å²) in [6, 6.07) is 15.5. The van der Waals surface area contributed by atoms with Gasteiger partial charge in [-0.1, -0.05) is 24.0 Å². The van der Waals surface area contributed by atoms with Crippen LogP contribution in [0.4, 0.5) is 0 Å². The number of aliphatic hydroxyl groups is 1. The van der Waals surface area contributed by atoms with Gasteiger partial charge in [0.05, 0.1) is 13.7 Å². The van der Waals surface area contributed by atoms with E-state index in [1.807, 2.05) is 48.5 Å². The summed E-state index contributed by atoms with van der Waals surface area (Å²) in [5, 5.41) is 8.63. The third kappa shape index (κ3) is 4.87. The molecule has 0 fully saturated rings. The molecule has 0 saturated carbocycles. The number of ether oxygens (including phenoxy) is 2. The van der Waals surface area contributed by atoms with Crippen molar-refractivity contribution in [1.29, 1.82) is 0 Å². The fourth-order valence-electron chi connectivity index (χ4n) is 1.86. The van der Waals surface area contributed by atoms with Gasteiger partial charge in [0, 0.05) is 12.0 Å². The monoisotopic (exact) mass is 282 g/mol. The normalized spacial score (nSPS) is 9.62. The Labute approximate surface area is 125 Å². The molecule has 21 heavy (non-hydrogen) atoms. The van der Waals surface area contributed by atoms with E-state index in [4.69, 9.17) is 14.6 Å². The van der Waals surface area contributed by atoms with Gasteiger partial charge in [-0.05, 0) is 42.0 Å². The Morgan fingerprint density at radius 2 is 1.62 bits per heavy atom. The van der Waals surface area contributed by atoms with Gasteiger partial charge in [0.1, 0.15) is 18.1 Å². The van der Waals surface area contributed by atoms with E-state index in [2.05, 4.69) is 11.8 Å². The molecular weight excluding hydrogens is 264 g/mol. The number of hydrogen-bond acceptors (Lipinski definition) is 3. The summed E-state index contributed by atoms with van der Waals surface area (Å²) in [4.78, 5) is 0. The van der Waals surface area contributed by atoms with Crippen LogP contribution in [0.3, 0.4) is 0 Å². The van der Waals surface area contributed by atoms with Crippen molar-refractivity contribution in [2.24, 2.45) is 0 Å². The number of methoxy groups -OCH3 is 1. The summed E-state index contributed by atoms with van der Waals surface area (Å²) < 4.78 is 10.8. The molecule has 0 saturated heterocycles. The first-order valence-corrected chi connectivity index (χ1v) is 6.77. The molecule has 1 N–H and O–H groups in total. The first-order valence-electron chi connectivity index (χ1n) is 6.77. The Kier molecular flexibility index (Phi) is 5.69. The van der Waals surface area contributed by atoms with Gasteiger partial charge in [-0.3, -0.25) is 0 Å². The quantitative estimate of drug-likeness (QED) is 0.857. The Morgan fingerprint density at radius 3 is 2.24 bits per heavy atom. The molecule has 0 aliphatic carbocycles. The van der Waals surface area contributed by atoms with Crippen molar-refractivity contribution in [3.8, 4) is 23.3 Å². The number of rotatable bonds is 5. The molecule has 0 aliphatic heterocycles. The van der Waals surface area contributed by atoms with Crippen molar-refractivity contribution in [2.75, 3.05) is 20.3 Å². The molecule has 2 rings (SSSR count). The highest BCUT2D eigenvalue weighted by atomic mass is 16.5.